The smallest absolute Gasteiger partial charge is 0.160 e. The first-order valence-electron chi connectivity index (χ1n) is 13.3. The molecule has 1 aromatic rings. The molecule has 0 amide bonds. The molecule has 0 aromatic heterocycles. The highest BCUT2D eigenvalue weighted by atomic mass is 16.5. The Morgan fingerprint density at radius 1 is 1.00 bits per heavy atom. The molecule has 0 aliphatic carbocycles. The molecule has 1 rings (SSSR count). The molecule has 0 unspecified atom stereocenters. The number of hydrogen-bond acceptors (Lipinski definition) is 4. The van der Waals surface area contributed by atoms with Gasteiger partial charge in [0.25, 0.3) is 0 Å². The lowest BCUT2D eigenvalue weighted by Gasteiger charge is -2.25. The summed E-state index contributed by atoms with van der Waals surface area (Å²) in [6, 6.07) is 6.38. The van der Waals surface area contributed by atoms with Crippen LogP contribution < -0.4 is 4.74 Å². The Labute approximate surface area is 223 Å². The first kappa shape index (κ1) is 33.4. The van der Waals surface area contributed by atoms with Gasteiger partial charge in [-0.25, -0.2) is 0 Å². The minimum Gasteiger partial charge on any atom is -0.496 e. The molecule has 0 atom stereocenters. The van der Waals surface area contributed by atoms with E-state index < -0.39 is 0 Å². The van der Waals surface area contributed by atoms with Crippen LogP contribution in [0.5, 0.6) is 5.75 Å². The van der Waals surface area contributed by atoms with Crippen LogP contribution in [0.4, 0.5) is 0 Å². The van der Waals surface area contributed by atoms with E-state index in [4.69, 9.17) is 22.1 Å². The van der Waals surface area contributed by atoms with Gasteiger partial charge in [0.2, 0.25) is 0 Å². The number of hydrogen-bond donors (Lipinski definition) is 0. The molecular weight excluding hydrogens is 445 g/mol. The van der Waals surface area contributed by atoms with E-state index in [2.05, 4.69) is 50.4 Å². The molecule has 2 radical (unpaired) electrons. The van der Waals surface area contributed by atoms with Crippen LogP contribution in [-0.4, -0.2) is 40.1 Å². The predicted molar refractivity (Wildman–Crippen MR) is 157 cm³/mol. The highest BCUT2D eigenvalue weighted by Crippen LogP contribution is 2.24. The molecule has 0 aliphatic heterocycles. The van der Waals surface area contributed by atoms with Crippen LogP contribution in [0, 0.1) is 0 Å². The molecule has 0 heterocycles. The van der Waals surface area contributed by atoms with Gasteiger partial charge in [-0.2, -0.15) is 0 Å². The number of ether oxygens (including phenoxy) is 3. The van der Waals surface area contributed by atoms with Gasteiger partial charge in [-0.05, 0) is 63.8 Å². The summed E-state index contributed by atoms with van der Waals surface area (Å²) in [5.41, 5.74) is 3.53. The van der Waals surface area contributed by atoms with Crippen molar-refractivity contribution in [2.75, 3.05) is 27.4 Å². The third-order valence-electron chi connectivity index (χ3n) is 5.57. The van der Waals surface area contributed by atoms with Crippen molar-refractivity contribution in [2.24, 2.45) is 0 Å². The van der Waals surface area contributed by atoms with Crippen molar-refractivity contribution in [3.63, 3.8) is 0 Å². The number of nitrogens with zero attached hydrogens (tertiary/aromatic N) is 1. The van der Waals surface area contributed by atoms with Gasteiger partial charge in [0.15, 0.2) is 11.5 Å². The van der Waals surface area contributed by atoms with E-state index in [-0.39, 0.29) is 0 Å². The lowest BCUT2D eigenvalue weighted by atomic mass is 9.96. The molecule has 0 bridgehead atoms. The quantitative estimate of drug-likeness (QED) is 0.0944. The Bertz CT molecular complexity index is 814. The molecular formula is C31H50BNO3. The Hall–Kier alpha value is -2.56. The maximum absolute atomic E-state index is 5.71. The summed E-state index contributed by atoms with van der Waals surface area (Å²) in [4.78, 5) is 2.31. The highest BCUT2D eigenvalue weighted by Gasteiger charge is 2.10. The number of benzene rings is 1. The lowest BCUT2D eigenvalue weighted by Crippen LogP contribution is -2.22. The summed E-state index contributed by atoms with van der Waals surface area (Å²) < 4.78 is 16.5. The van der Waals surface area contributed by atoms with Gasteiger partial charge < -0.3 is 19.1 Å². The monoisotopic (exact) mass is 495 g/mol. The van der Waals surface area contributed by atoms with Gasteiger partial charge in [-0.15, -0.1) is 0 Å². The van der Waals surface area contributed by atoms with Gasteiger partial charge in [-0.1, -0.05) is 70.3 Å². The zero-order valence-electron chi connectivity index (χ0n) is 24.1. The number of unbranched alkanes of at least 4 members (excludes halogenated alkanes) is 3. The molecule has 0 fully saturated rings. The van der Waals surface area contributed by atoms with Crippen molar-refractivity contribution in [1.29, 1.82) is 0 Å². The first-order chi connectivity index (χ1) is 17.4. The van der Waals surface area contributed by atoms with Crippen LogP contribution >= 0.6 is 0 Å². The normalized spacial score (nSPS) is 11.6. The second kappa shape index (κ2) is 21.7. The Morgan fingerprint density at radius 3 is 2.19 bits per heavy atom. The summed E-state index contributed by atoms with van der Waals surface area (Å²) >= 11 is 0. The van der Waals surface area contributed by atoms with Crippen LogP contribution in [0.1, 0.15) is 77.8 Å². The fourth-order valence-electron chi connectivity index (χ4n) is 3.49. The second-order valence-electron chi connectivity index (χ2n) is 8.68. The van der Waals surface area contributed by atoms with Crippen molar-refractivity contribution in [3.8, 4) is 5.75 Å². The van der Waals surface area contributed by atoms with E-state index in [1.807, 2.05) is 38.2 Å². The molecule has 1 aromatic carbocycles. The van der Waals surface area contributed by atoms with Gasteiger partial charge >= 0.3 is 0 Å². The zero-order valence-corrected chi connectivity index (χ0v) is 24.1. The van der Waals surface area contributed by atoms with Crippen molar-refractivity contribution in [1.82, 2.24) is 4.90 Å². The number of aryl methyl sites for hydroxylation is 1. The lowest BCUT2D eigenvalue weighted by molar-refractivity contribution is 0.188. The summed E-state index contributed by atoms with van der Waals surface area (Å²) in [6.45, 7) is 17.1. The van der Waals surface area contributed by atoms with Gasteiger partial charge in [0, 0.05) is 24.4 Å². The molecule has 0 saturated carbocycles. The molecule has 5 heteroatoms. The third kappa shape index (κ3) is 14.1. The Morgan fingerprint density at radius 2 is 1.67 bits per heavy atom. The minimum atomic E-state index is 0.664. The molecule has 200 valence electrons. The largest absolute Gasteiger partial charge is 0.496 e. The Kier molecular flexibility index (Phi) is 20.2. The van der Waals surface area contributed by atoms with Crippen LogP contribution in [0.3, 0.4) is 0 Å². The van der Waals surface area contributed by atoms with Crippen molar-refractivity contribution in [2.45, 2.75) is 86.0 Å². The van der Waals surface area contributed by atoms with E-state index >= 15 is 0 Å². The van der Waals surface area contributed by atoms with Crippen LogP contribution in [-0.2, 0) is 22.4 Å². The summed E-state index contributed by atoms with van der Waals surface area (Å²) in [5.74, 6) is 2.52. The van der Waals surface area contributed by atoms with E-state index in [1.165, 1.54) is 36.8 Å². The molecule has 0 aliphatic rings. The van der Waals surface area contributed by atoms with Crippen LogP contribution in [0.25, 0.3) is 0 Å². The number of rotatable bonds is 17. The maximum atomic E-state index is 5.71. The number of methoxy groups -OCH3 is 2. The SMILES string of the molecule is C\C=C/C(OC)=C(\C=C\C)OCCCCC.[B]CCc1ccc(CN(CCCC)C(=C)C)c(OC)c1. The summed E-state index contributed by atoms with van der Waals surface area (Å²) in [5, 5.41) is 0. The minimum absolute atomic E-state index is 0.664. The summed E-state index contributed by atoms with van der Waals surface area (Å²) in [6.07, 6.45) is 15.2. The topological polar surface area (TPSA) is 30.9 Å². The molecule has 0 saturated heterocycles. The second-order valence-corrected chi connectivity index (χ2v) is 8.68. The molecule has 0 spiro atoms. The number of allylic oxidation sites excluding steroid dienone is 5. The molecule has 0 N–H and O–H groups in total. The van der Waals surface area contributed by atoms with E-state index in [0.717, 1.165) is 55.5 Å². The van der Waals surface area contributed by atoms with Crippen molar-refractivity contribution >= 4 is 7.85 Å². The standard InChI is InChI=1S/C17H26BNO.C14H24O2/c1-5-6-11-19(14(2)3)13-16-8-7-15(9-10-18)12-17(16)20-4;1-5-8-9-12-16-14(11-7-3)13(15-4)10-6-2/h7-8,12H,2,5-6,9-11,13H2,1,3-4H3;6-7,10-11H,5,8-9,12H2,1-4H3/b;10-6-,11-7+,14-13-. The van der Waals surface area contributed by atoms with Crippen molar-refractivity contribution < 1.29 is 14.2 Å². The predicted octanol–water partition coefficient (Wildman–Crippen LogP) is 8.16. The maximum Gasteiger partial charge on any atom is 0.160 e. The van der Waals surface area contributed by atoms with Gasteiger partial charge in [0.1, 0.15) is 5.75 Å². The average Bonchev–Trinajstić information content (AvgIpc) is 2.88. The fraction of sp³-hybridized carbons (Fsp3) is 0.548. The van der Waals surface area contributed by atoms with E-state index in [1.54, 1.807) is 14.2 Å². The first-order valence-corrected chi connectivity index (χ1v) is 13.3. The molecule has 4 nitrogen and oxygen atoms in total. The third-order valence-corrected chi connectivity index (χ3v) is 5.57. The van der Waals surface area contributed by atoms with Crippen molar-refractivity contribution in [3.05, 3.63) is 77.4 Å². The van der Waals surface area contributed by atoms with Crippen LogP contribution in [0.2, 0.25) is 6.32 Å². The van der Waals surface area contributed by atoms with Gasteiger partial charge in [-0.3, -0.25) is 0 Å². The Balaban J connectivity index is 0.000000700. The fourth-order valence-corrected chi connectivity index (χ4v) is 3.49. The zero-order chi connectivity index (χ0) is 27.2. The van der Waals surface area contributed by atoms with Gasteiger partial charge in [0.05, 0.1) is 28.7 Å². The molecule has 36 heavy (non-hydrogen) atoms. The van der Waals surface area contributed by atoms with E-state index in [9.17, 15) is 0 Å². The highest BCUT2D eigenvalue weighted by molar-refractivity contribution is 6.08. The average molecular weight is 496 g/mol. The summed E-state index contributed by atoms with van der Waals surface area (Å²) in [7, 11) is 8.99. The van der Waals surface area contributed by atoms with E-state index in [0.29, 0.717) is 6.32 Å². The van der Waals surface area contributed by atoms with Crippen LogP contribution in [0.15, 0.2) is 66.3 Å².